The number of amides is 1. The second-order valence-corrected chi connectivity index (χ2v) is 5.62. The summed E-state index contributed by atoms with van der Waals surface area (Å²) in [7, 11) is 1.65. The summed E-state index contributed by atoms with van der Waals surface area (Å²) in [6.45, 7) is 3.70. The molecule has 0 saturated carbocycles. The van der Waals surface area contributed by atoms with E-state index in [0.29, 0.717) is 18.9 Å². The van der Waals surface area contributed by atoms with Gasteiger partial charge in [0.05, 0.1) is 7.11 Å². The molecule has 110 valence electrons. The molecule has 1 aliphatic rings. The van der Waals surface area contributed by atoms with Gasteiger partial charge in [-0.15, -0.1) is 0 Å². The number of hydrogen-bond donors (Lipinski definition) is 1. The van der Waals surface area contributed by atoms with Crippen LogP contribution in [0, 0.1) is 5.92 Å². The van der Waals surface area contributed by atoms with E-state index in [1.807, 2.05) is 29.2 Å². The van der Waals surface area contributed by atoms with Crippen molar-refractivity contribution in [3.8, 4) is 5.75 Å². The highest BCUT2D eigenvalue weighted by atomic mass is 16.5. The average Bonchev–Trinajstić information content (AvgIpc) is 2.48. The second-order valence-electron chi connectivity index (χ2n) is 5.62. The number of likely N-dealkylation sites (tertiary alicyclic amines) is 1. The van der Waals surface area contributed by atoms with Crippen LogP contribution in [0.1, 0.15) is 25.3 Å². The lowest BCUT2D eigenvalue weighted by Crippen LogP contribution is -2.49. The third-order valence-corrected chi connectivity index (χ3v) is 4.16. The molecule has 20 heavy (non-hydrogen) atoms. The zero-order chi connectivity index (χ0) is 14.5. The predicted octanol–water partition coefficient (Wildman–Crippen LogP) is 1.82. The molecule has 1 fully saturated rings. The van der Waals surface area contributed by atoms with Gasteiger partial charge in [-0.2, -0.15) is 0 Å². The number of carbonyl (C=O) groups excluding carboxylic acids is 1. The highest BCUT2D eigenvalue weighted by Crippen LogP contribution is 2.17. The van der Waals surface area contributed by atoms with E-state index in [0.717, 1.165) is 30.7 Å². The van der Waals surface area contributed by atoms with Crippen molar-refractivity contribution in [2.75, 3.05) is 20.2 Å². The Bertz CT molecular complexity index is 444. The third-order valence-electron chi connectivity index (χ3n) is 4.16. The largest absolute Gasteiger partial charge is 0.497 e. The van der Waals surface area contributed by atoms with E-state index < -0.39 is 0 Å². The summed E-state index contributed by atoms with van der Waals surface area (Å²) in [4.78, 5) is 14.1. The minimum Gasteiger partial charge on any atom is -0.497 e. The first-order valence-corrected chi connectivity index (χ1v) is 7.26. The molecule has 2 N–H and O–H groups in total. The van der Waals surface area contributed by atoms with Crippen LogP contribution in [0.2, 0.25) is 0 Å². The van der Waals surface area contributed by atoms with E-state index >= 15 is 0 Å². The maximum atomic E-state index is 12.2. The van der Waals surface area contributed by atoms with Crippen LogP contribution in [0.25, 0.3) is 0 Å². The molecule has 0 spiro atoms. The Morgan fingerprint density at radius 2 is 2.10 bits per heavy atom. The molecule has 2 rings (SSSR count). The Morgan fingerprint density at radius 3 is 2.70 bits per heavy atom. The van der Waals surface area contributed by atoms with Crippen LogP contribution in [0.4, 0.5) is 0 Å². The SMILES string of the molecule is COc1ccc(CCC(=O)N2CCC(C)C(N)C2)cc1. The maximum absolute atomic E-state index is 12.2. The van der Waals surface area contributed by atoms with Crippen molar-refractivity contribution in [1.82, 2.24) is 4.90 Å². The number of hydrogen-bond acceptors (Lipinski definition) is 3. The standard InChI is InChI=1S/C16H24N2O2/c1-12-9-10-18(11-15(12)17)16(19)8-5-13-3-6-14(20-2)7-4-13/h3-4,6-7,12,15H,5,8-11,17H2,1-2H3. The number of nitrogens with zero attached hydrogens (tertiary/aromatic N) is 1. The lowest BCUT2D eigenvalue weighted by Gasteiger charge is -2.35. The van der Waals surface area contributed by atoms with Crippen molar-refractivity contribution in [3.63, 3.8) is 0 Å². The fourth-order valence-electron chi connectivity index (χ4n) is 2.53. The Morgan fingerprint density at radius 1 is 1.40 bits per heavy atom. The lowest BCUT2D eigenvalue weighted by atomic mass is 9.94. The molecule has 2 atom stereocenters. The normalized spacial score (nSPS) is 22.6. The molecule has 2 unspecified atom stereocenters. The summed E-state index contributed by atoms with van der Waals surface area (Å²) in [5.41, 5.74) is 7.20. The highest BCUT2D eigenvalue weighted by molar-refractivity contribution is 5.76. The molecule has 0 radical (unpaired) electrons. The summed E-state index contributed by atoms with van der Waals surface area (Å²) in [6.07, 6.45) is 2.33. The molecule has 4 nitrogen and oxygen atoms in total. The number of nitrogens with two attached hydrogens (primary N) is 1. The summed E-state index contributed by atoms with van der Waals surface area (Å²) in [6, 6.07) is 8.00. The quantitative estimate of drug-likeness (QED) is 0.912. The van der Waals surface area contributed by atoms with Gasteiger partial charge >= 0.3 is 0 Å². The van der Waals surface area contributed by atoms with Gasteiger partial charge in [-0.05, 0) is 36.5 Å². The first kappa shape index (κ1) is 14.9. The number of piperidine rings is 1. The highest BCUT2D eigenvalue weighted by Gasteiger charge is 2.25. The predicted molar refractivity (Wildman–Crippen MR) is 79.7 cm³/mol. The third kappa shape index (κ3) is 3.73. The van der Waals surface area contributed by atoms with Gasteiger partial charge in [-0.3, -0.25) is 4.79 Å². The molecule has 4 heteroatoms. The molecule has 0 bridgehead atoms. The average molecular weight is 276 g/mol. The molecule has 1 amide bonds. The summed E-state index contributed by atoms with van der Waals surface area (Å²) in [5, 5.41) is 0. The molecule has 0 aromatic heterocycles. The smallest absolute Gasteiger partial charge is 0.222 e. The minimum atomic E-state index is 0.119. The van der Waals surface area contributed by atoms with Crippen molar-refractivity contribution in [3.05, 3.63) is 29.8 Å². The summed E-state index contributed by atoms with van der Waals surface area (Å²) < 4.78 is 5.12. The van der Waals surface area contributed by atoms with Crippen molar-refractivity contribution < 1.29 is 9.53 Å². The van der Waals surface area contributed by atoms with E-state index in [2.05, 4.69) is 6.92 Å². The minimum absolute atomic E-state index is 0.119. The number of ether oxygens (including phenoxy) is 1. The van der Waals surface area contributed by atoms with E-state index in [9.17, 15) is 4.79 Å². The van der Waals surface area contributed by atoms with Gasteiger partial charge in [0, 0.05) is 25.6 Å². The zero-order valence-corrected chi connectivity index (χ0v) is 12.3. The molecular weight excluding hydrogens is 252 g/mol. The van der Waals surface area contributed by atoms with Gasteiger partial charge in [-0.1, -0.05) is 19.1 Å². The number of carbonyl (C=O) groups is 1. The zero-order valence-electron chi connectivity index (χ0n) is 12.3. The van der Waals surface area contributed by atoms with Crippen molar-refractivity contribution in [2.24, 2.45) is 11.7 Å². The fraction of sp³-hybridized carbons (Fsp3) is 0.562. The van der Waals surface area contributed by atoms with Crippen LogP contribution in [-0.4, -0.2) is 37.0 Å². The molecule has 1 aliphatic heterocycles. The monoisotopic (exact) mass is 276 g/mol. The van der Waals surface area contributed by atoms with Crippen LogP contribution in [0.15, 0.2) is 24.3 Å². The van der Waals surface area contributed by atoms with Crippen LogP contribution in [0.3, 0.4) is 0 Å². The van der Waals surface area contributed by atoms with E-state index in [1.54, 1.807) is 7.11 Å². The fourth-order valence-corrected chi connectivity index (χ4v) is 2.53. The van der Waals surface area contributed by atoms with E-state index in [1.165, 1.54) is 0 Å². The van der Waals surface area contributed by atoms with Gasteiger partial charge in [-0.25, -0.2) is 0 Å². The first-order chi connectivity index (χ1) is 9.60. The van der Waals surface area contributed by atoms with Gasteiger partial charge in [0.2, 0.25) is 5.91 Å². The summed E-state index contributed by atoms with van der Waals surface area (Å²) in [5.74, 6) is 1.57. The van der Waals surface area contributed by atoms with Crippen molar-refractivity contribution in [1.29, 1.82) is 0 Å². The molecule has 1 heterocycles. The lowest BCUT2D eigenvalue weighted by molar-refractivity contribution is -0.132. The van der Waals surface area contributed by atoms with Gasteiger partial charge < -0.3 is 15.4 Å². The number of aryl methyl sites for hydroxylation is 1. The molecule has 1 saturated heterocycles. The summed E-state index contributed by atoms with van der Waals surface area (Å²) >= 11 is 0. The number of benzene rings is 1. The second kappa shape index (κ2) is 6.75. The molecule has 0 aliphatic carbocycles. The maximum Gasteiger partial charge on any atom is 0.222 e. The van der Waals surface area contributed by atoms with E-state index in [4.69, 9.17) is 10.5 Å². The van der Waals surface area contributed by atoms with Gasteiger partial charge in [0.25, 0.3) is 0 Å². The van der Waals surface area contributed by atoms with Crippen LogP contribution >= 0.6 is 0 Å². The Kier molecular flexibility index (Phi) is 5.01. The first-order valence-electron chi connectivity index (χ1n) is 7.26. The van der Waals surface area contributed by atoms with Crippen LogP contribution in [-0.2, 0) is 11.2 Å². The molecule has 1 aromatic rings. The number of rotatable bonds is 4. The van der Waals surface area contributed by atoms with Crippen LogP contribution in [0.5, 0.6) is 5.75 Å². The Labute approximate surface area is 120 Å². The Hall–Kier alpha value is -1.55. The van der Waals surface area contributed by atoms with E-state index in [-0.39, 0.29) is 11.9 Å². The van der Waals surface area contributed by atoms with Gasteiger partial charge in [0.15, 0.2) is 0 Å². The molecular formula is C16H24N2O2. The Balaban J connectivity index is 1.82. The van der Waals surface area contributed by atoms with Crippen molar-refractivity contribution in [2.45, 2.75) is 32.2 Å². The number of methoxy groups -OCH3 is 1. The topological polar surface area (TPSA) is 55.6 Å². The molecule has 1 aromatic carbocycles. The van der Waals surface area contributed by atoms with Crippen LogP contribution < -0.4 is 10.5 Å². The van der Waals surface area contributed by atoms with Crippen molar-refractivity contribution >= 4 is 5.91 Å². The van der Waals surface area contributed by atoms with Gasteiger partial charge in [0.1, 0.15) is 5.75 Å².